The average Bonchev–Trinajstić information content (AvgIpc) is 3.20. The molecule has 0 spiro atoms. The summed E-state index contributed by atoms with van der Waals surface area (Å²) in [6, 6.07) is 9.15. The Morgan fingerprint density at radius 1 is 1.07 bits per heavy atom. The smallest absolute Gasteiger partial charge is 0.225 e. The highest BCUT2D eigenvalue weighted by molar-refractivity contribution is 5.90. The van der Waals surface area contributed by atoms with Crippen molar-refractivity contribution < 1.29 is 9.47 Å². The molecule has 146 valence electrons. The van der Waals surface area contributed by atoms with Crippen LogP contribution in [0.25, 0.3) is 10.9 Å². The van der Waals surface area contributed by atoms with E-state index in [1.54, 1.807) is 0 Å². The summed E-state index contributed by atoms with van der Waals surface area (Å²) in [5, 5.41) is 8.27. The van der Waals surface area contributed by atoms with Crippen molar-refractivity contribution >= 4 is 22.7 Å². The maximum atomic E-state index is 5.49. The first-order chi connectivity index (χ1) is 13.2. The van der Waals surface area contributed by atoms with Crippen LogP contribution in [0.1, 0.15) is 25.7 Å². The van der Waals surface area contributed by atoms with Crippen LogP contribution in [0.2, 0.25) is 0 Å². The van der Waals surface area contributed by atoms with E-state index in [1.807, 2.05) is 37.2 Å². The zero-order valence-corrected chi connectivity index (χ0v) is 16.1. The van der Waals surface area contributed by atoms with Crippen LogP contribution in [-0.4, -0.2) is 62.2 Å². The molecule has 1 aliphatic heterocycles. The molecule has 2 heterocycles. The number of fused-ring (bicyclic) bond motifs is 1. The van der Waals surface area contributed by atoms with Gasteiger partial charge >= 0.3 is 0 Å². The van der Waals surface area contributed by atoms with Gasteiger partial charge in [-0.2, -0.15) is 4.98 Å². The number of para-hydroxylation sites is 1. The SMILES string of the molecule is CN(C)c1nc(N[C@H]2CC[C@@H](NCC3COCO3)CC2)nc2ccccc12. The van der Waals surface area contributed by atoms with Gasteiger partial charge in [-0.15, -0.1) is 0 Å². The minimum atomic E-state index is 0.205. The average molecular weight is 371 g/mol. The molecule has 2 aliphatic rings. The fourth-order valence-electron chi connectivity index (χ4n) is 3.88. The van der Waals surface area contributed by atoms with E-state index in [9.17, 15) is 0 Å². The van der Waals surface area contributed by atoms with E-state index in [-0.39, 0.29) is 6.10 Å². The number of hydrogen-bond donors (Lipinski definition) is 2. The monoisotopic (exact) mass is 371 g/mol. The van der Waals surface area contributed by atoms with Gasteiger partial charge in [-0.3, -0.25) is 0 Å². The summed E-state index contributed by atoms with van der Waals surface area (Å²) in [5.74, 6) is 1.68. The lowest BCUT2D eigenvalue weighted by molar-refractivity contribution is 0.0458. The van der Waals surface area contributed by atoms with E-state index >= 15 is 0 Å². The van der Waals surface area contributed by atoms with E-state index in [4.69, 9.17) is 19.4 Å². The second-order valence-corrected chi connectivity index (χ2v) is 7.66. The van der Waals surface area contributed by atoms with Crippen LogP contribution in [0.4, 0.5) is 11.8 Å². The van der Waals surface area contributed by atoms with Gasteiger partial charge in [0.1, 0.15) is 12.6 Å². The molecule has 0 amide bonds. The summed E-state index contributed by atoms with van der Waals surface area (Å²) in [7, 11) is 4.04. The van der Waals surface area contributed by atoms with E-state index < -0.39 is 0 Å². The standard InChI is InChI=1S/C20H29N5O2/c1-25(2)19-17-5-3-4-6-18(17)23-20(24-19)22-15-9-7-14(8-10-15)21-11-16-12-26-13-27-16/h3-6,14-16,21H,7-13H2,1-2H3,(H,22,23,24)/t14-,15+,16?. The number of nitrogens with zero attached hydrogens (tertiary/aromatic N) is 3. The molecule has 1 atom stereocenters. The summed E-state index contributed by atoms with van der Waals surface area (Å²) in [6.07, 6.45) is 4.75. The van der Waals surface area contributed by atoms with E-state index in [1.165, 1.54) is 0 Å². The number of benzene rings is 1. The number of aromatic nitrogens is 2. The normalized spacial score (nSPS) is 25.6. The first-order valence-electron chi connectivity index (χ1n) is 9.82. The predicted octanol–water partition coefficient (Wildman–Crippen LogP) is 2.38. The highest BCUT2D eigenvalue weighted by Gasteiger charge is 2.24. The lowest BCUT2D eigenvalue weighted by Crippen LogP contribution is -2.41. The molecule has 1 saturated carbocycles. The maximum absolute atomic E-state index is 5.49. The van der Waals surface area contributed by atoms with E-state index in [0.29, 0.717) is 25.5 Å². The Morgan fingerprint density at radius 2 is 1.85 bits per heavy atom. The molecular weight excluding hydrogens is 342 g/mol. The van der Waals surface area contributed by atoms with Gasteiger partial charge in [0, 0.05) is 38.1 Å². The quantitative estimate of drug-likeness (QED) is 0.808. The molecule has 2 N–H and O–H groups in total. The van der Waals surface area contributed by atoms with Gasteiger partial charge in [-0.05, 0) is 37.8 Å². The third-order valence-electron chi connectivity index (χ3n) is 5.39. The van der Waals surface area contributed by atoms with Crippen LogP contribution in [-0.2, 0) is 9.47 Å². The zero-order chi connectivity index (χ0) is 18.6. The Morgan fingerprint density at radius 3 is 2.59 bits per heavy atom. The maximum Gasteiger partial charge on any atom is 0.225 e. The lowest BCUT2D eigenvalue weighted by atomic mass is 9.91. The third-order valence-corrected chi connectivity index (χ3v) is 5.39. The number of ether oxygens (including phenoxy) is 2. The number of rotatable bonds is 6. The molecule has 1 aromatic heterocycles. The number of nitrogens with one attached hydrogen (secondary N) is 2. The molecular formula is C20H29N5O2. The van der Waals surface area contributed by atoms with Gasteiger partial charge in [0.2, 0.25) is 5.95 Å². The van der Waals surface area contributed by atoms with Crippen LogP contribution >= 0.6 is 0 Å². The molecule has 1 saturated heterocycles. The van der Waals surface area contributed by atoms with E-state index in [2.05, 4.69) is 16.7 Å². The molecule has 0 bridgehead atoms. The predicted molar refractivity (Wildman–Crippen MR) is 107 cm³/mol. The van der Waals surface area contributed by atoms with Crippen LogP contribution < -0.4 is 15.5 Å². The summed E-state index contributed by atoms with van der Waals surface area (Å²) >= 11 is 0. The summed E-state index contributed by atoms with van der Waals surface area (Å²) < 4.78 is 10.7. The van der Waals surface area contributed by atoms with Gasteiger partial charge in [-0.1, -0.05) is 12.1 Å². The third kappa shape index (κ3) is 4.48. The van der Waals surface area contributed by atoms with Gasteiger partial charge in [-0.25, -0.2) is 4.98 Å². The van der Waals surface area contributed by atoms with E-state index in [0.717, 1.165) is 54.9 Å². The molecule has 2 fully saturated rings. The first kappa shape index (κ1) is 18.4. The van der Waals surface area contributed by atoms with Crippen molar-refractivity contribution in [1.82, 2.24) is 15.3 Å². The topological polar surface area (TPSA) is 71.5 Å². The Bertz CT molecular complexity index is 755. The first-order valence-corrected chi connectivity index (χ1v) is 9.82. The zero-order valence-electron chi connectivity index (χ0n) is 16.1. The minimum Gasteiger partial charge on any atom is -0.362 e. The Hall–Kier alpha value is -1.96. The second kappa shape index (κ2) is 8.37. The largest absolute Gasteiger partial charge is 0.362 e. The molecule has 27 heavy (non-hydrogen) atoms. The molecule has 1 unspecified atom stereocenters. The minimum absolute atomic E-state index is 0.205. The molecule has 0 radical (unpaired) electrons. The highest BCUT2D eigenvalue weighted by Crippen LogP contribution is 2.26. The molecule has 1 aliphatic carbocycles. The Labute approximate surface area is 160 Å². The fraction of sp³-hybridized carbons (Fsp3) is 0.600. The van der Waals surface area contributed by atoms with Crippen molar-refractivity contribution in [1.29, 1.82) is 0 Å². The number of hydrogen-bond acceptors (Lipinski definition) is 7. The van der Waals surface area contributed by atoms with Gasteiger partial charge < -0.3 is 25.0 Å². The highest BCUT2D eigenvalue weighted by atomic mass is 16.7. The molecule has 7 nitrogen and oxygen atoms in total. The lowest BCUT2D eigenvalue weighted by Gasteiger charge is -2.30. The van der Waals surface area contributed by atoms with Crippen molar-refractivity contribution in [2.45, 2.75) is 43.9 Å². The molecule has 4 rings (SSSR count). The molecule has 1 aromatic carbocycles. The van der Waals surface area contributed by atoms with Gasteiger partial charge in [0.15, 0.2) is 0 Å². The summed E-state index contributed by atoms with van der Waals surface area (Å²) in [4.78, 5) is 11.5. The Balaban J connectivity index is 1.34. The van der Waals surface area contributed by atoms with Crippen LogP contribution in [0.15, 0.2) is 24.3 Å². The van der Waals surface area contributed by atoms with Gasteiger partial charge in [0.05, 0.1) is 18.2 Å². The van der Waals surface area contributed by atoms with Gasteiger partial charge in [0.25, 0.3) is 0 Å². The van der Waals surface area contributed by atoms with Crippen molar-refractivity contribution in [2.75, 3.05) is 44.3 Å². The van der Waals surface area contributed by atoms with Crippen molar-refractivity contribution in [2.24, 2.45) is 0 Å². The summed E-state index contributed by atoms with van der Waals surface area (Å²) in [6.45, 7) is 2.02. The molecule has 7 heteroatoms. The number of anilines is 2. The van der Waals surface area contributed by atoms with Crippen molar-refractivity contribution in [3.05, 3.63) is 24.3 Å². The second-order valence-electron chi connectivity index (χ2n) is 7.66. The van der Waals surface area contributed by atoms with Crippen LogP contribution in [0.5, 0.6) is 0 Å². The molecule has 2 aromatic rings. The Kier molecular flexibility index (Phi) is 5.71. The van der Waals surface area contributed by atoms with Crippen LogP contribution in [0, 0.1) is 0 Å². The van der Waals surface area contributed by atoms with Crippen LogP contribution in [0.3, 0.4) is 0 Å². The van der Waals surface area contributed by atoms with Crippen molar-refractivity contribution in [3.8, 4) is 0 Å². The van der Waals surface area contributed by atoms with Crippen molar-refractivity contribution in [3.63, 3.8) is 0 Å². The fourth-order valence-corrected chi connectivity index (χ4v) is 3.88. The summed E-state index contributed by atoms with van der Waals surface area (Å²) in [5.41, 5.74) is 0.979.